The molecule has 1 aromatic carbocycles. The van der Waals surface area contributed by atoms with Crippen LogP contribution in [0.15, 0.2) is 30.3 Å². The SMILES string of the molecule is CN(C)C(=O)CC1CCN(C(=O)NC(CCC(=O)O)Cc2ccccc2)CC1. The Hall–Kier alpha value is -2.57. The minimum atomic E-state index is -0.862. The van der Waals surface area contributed by atoms with E-state index in [4.69, 9.17) is 5.11 Å². The predicted octanol–water partition coefficient (Wildman–Crippen LogP) is 2.36. The molecule has 3 amide bonds. The molecule has 1 fully saturated rings. The van der Waals surface area contributed by atoms with Crippen LogP contribution < -0.4 is 5.32 Å². The summed E-state index contributed by atoms with van der Waals surface area (Å²) in [4.78, 5) is 38.9. The molecule has 0 saturated carbocycles. The number of carboxylic acids is 1. The van der Waals surface area contributed by atoms with Crippen LogP contribution in [0.25, 0.3) is 0 Å². The number of carbonyl (C=O) groups excluding carboxylic acids is 2. The number of benzene rings is 1. The Bertz CT molecular complexity index is 655. The van der Waals surface area contributed by atoms with Crippen molar-refractivity contribution >= 4 is 17.9 Å². The molecule has 0 bridgehead atoms. The van der Waals surface area contributed by atoms with E-state index in [1.165, 1.54) is 0 Å². The van der Waals surface area contributed by atoms with Gasteiger partial charge in [0.2, 0.25) is 5.91 Å². The molecular formula is C21H31N3O4. The average molecular weight is 389 g/mol. The van der Waals surface area contributed by atoms with Gasteiger partial charge >= 0.3 is 12.0 Å². The van der Waals surface area contributed by atoms with Crippen LogP contribution in [0.5, 0.6) is 0 Å². The zero-order valence-electron chi connectivity index (χ0n) is 16.8. The average Bonchev–Trinajstić information content (AvgIpc) is 2.67. The lowest BCUT2D eigenvalue weighted by Crippen LogP contribution is -2.48. The molecule has 0 spiro atoms. The molecule has 2 rings (SSSR count). The predicted molar refractivity (Wildman–Crippen MR) is 107 cm³/mol. The van der Waals surface area contributed by atoms with Crippen molar-refractivity contribution in [3.8, 4) is 0 Å². The zero-order valence-corrected chi connectivity index (χ0v) is 16.8. The molecule has 7 heteroatoms. The number of piperidine rings is 1. The third kappa shape index (κ3) is 7.21. The second kappa shape index (κ2) is 10.7. The Morgan fingerprint density at radius 1 is 1.18 bits per heavy atom. The van der Waals surface area contributed by atoms with Crippen LogP contribution in [0.2, 0.25) is 0 Å². The number of amides is 3. The Labute approximate surface area is 166 Å². The number of rotatable bonds is 8. The van der Waals surface area contributed by atoms with Crippen molar-refractivity contribution in [1.29, 1.82) is 0 Å². The maximum Gasteiger partial charge on any atom is 0.317 e. The van der Waals surface area contributed by atoms with Crippen LogP contribution >= 0.6 is 0 Å². The van der Waals surface area contributed by atoms with Crippen LogP contribution in [0.4, 0.5) is 4.79 Å². The van der Waals surface area contributed by atoms with E-state index in [0.29, 0.717) is 38.3 Å². The highest BCUT2D eigenvalue weighted by Crippen LogP contribution is 2.21. The van der Waals surface area contributed by atoms with Gasteiger partial charge in [-0.1, -0.05) is 30.3 Å². The van der Waals surface area contributed by atoms with E-state index >= 15 is 0 Å². The summed E-state index contributed by atoms with van der Waals surface area (Å²) in [5.74, 6) is -0.427. The highest BCUT2D eigenvalue weighted by molar-refractivity contribution is 5.76. The highest BCUT2D eigenvalue weighted by Gasteiger charge is 2.26. The van der Waals surface area contributed by atoms with E-state index in [1.54, 1.807) is 23.9 Å². The Balaban J connectivity index is 1.86. The first-order valence-corrected chi connectivity index (χ1v) is 9.86. The number of carboxylic acid groups (broad SMARTS) is 1. The van der Waals surface area contributed by atoms with Crippen molar-refractivity contribution in [2.75, 3.05) is 27.2 Å². The topological polar surface area (TPSA) is 90.0 Å². The second-order valence-corrected chi connectivity index (χ2v) is 7.69. The molecule has 1 aromatic rings. The first-order valence-electron chi connectivity index (χ1n) is 9.86. The number of likely N-dealkylation sites (tertiary alicyclic amines) is 1. The zero-order chi connectivity index (χ0) is 20.5. The fourth-order valence-electron chi connectivity index (χ4n) is 3.46. The van der Waals surface area contributed by atoms with Gasteiger partial charge in [0.25, 0.3) is 0 Å². The van der Waals surface area contributed by atoms with Gasteiger partial charge in [-0.05, 0) is 37.2 Å². The van der Waals surface area contributed by atoms with Gasteiger partial charge in [0, 0.05) is 46.1 Å². The van der Waals surface area contributed by atoms with Crippen LogP contribution in [0, 0.1) is 5.92 Å². The lowest BCUT2D eigenvalue weighted by molar-refractivity contribution is -0.137. The summed E-state index contributed by atoms with van der Waals surface area (Å²) < 4.78 is 0. The number of hydrogen-bond acceptors (Lipinski definition) is 3. The van der Waals surface area contributed by atoms with Crippen molar-refractivity contribution in [2.24, 2.45) is 5.92 Å². The van der Waals surface area contributed by atoms with Gasteiger partial charge in [-0.25, -0.2) is 4.79 Å². The highest BCUT2D eigenvalue weighted by atomic mass is 16.4. The minimum Gasteiger partial charge on any atom is -0.481 e. The van der Waals surface area contributed by atoms with Gasteiger partial charge in [0.1, 0.15) is 0 Å². The number of nitrogens with zero attached hydrogens (tertiary/aromatic N) is 2. The smallest absolute Gasteiger partial charge is 0.317 e. The van der Waals surface area contributed by atoms with Crippen molar-refractivity contribution in [3.63, 3.8) is 0 Å². The molecule has 1 aliphatic rings. The number of hydrogen-bond donors (Lipinski definition) is 2. The van der Waals surface area contributed by atoms with Crippen molar-refractivity contribution in [3.05, 3.63) is 35.9 Å². The quantitative estimate of drug-likeness (QED) is 0.714. The van der Waals surface area contributed by atoms with E-state index in [2.05, 4.69) is 5.32 Å². The van der Waals surface area contributed by atoms with E-state index in [9.17, 15) is 14.4 Å². The summed E-state index contributed by atoms with van der Waals surface area (Å²) in [5, 5.41) is 12.0. The summed E-state index contributed by atoms with van der Waals surface area (Å²) in [5.41, 5.74) is 1.07. The van der Waals surface area contributed by atoms with Crippen LogP contribution in [0.1, 0.15) is 37.7 Å². The molecular weight excluding hydrogens is 358 g/mol. The van der Waals surface area contributed by atoms with E-state index in [0.717, 1.165) is 18.4 Å². The summed E-state index contributed by atoms with van der Waals surface area (Å²) >= 11 is 0. The standard InChI is InChI=1S/C21H31N3O4/c1-23(2)19(25)15-17-10-12-24(13-11-17)21(28)22-18(8-9-20(26)27)14-16-6-4-3-5-7-16/h3-7,17-18H,8-15H2,1-2H3,(H,22,28)(H,26,27). The third-order valence-corrected chi connectivity index (χ3v) is 5.22. The molecule has 28 heavy (non-hydrogen) atoms. The molecule has 1 heterocycles. The fraction of sp³-hybridized carbons (Fsp3) is 0.571. The van der Waals surface area contributed by atoms with Crippen molar-refractivity contribution < 1.29 is 19.5 Å². The van der Waals surface area contributed by atoms with E-state index in [-0.39, 0.29) is 24.4 Å². The monoisotopic (exact) mass is 389 g/mol. The first kappa shape index (κ1) is 21.7. The second-order valence-electron chi connectivity index (χ2n) is 7.69. The Kier molecular flexibility index (Phi) is 8.29. The summed E-state index contributed by atoms with van der Waals surface area (Å²) in [6.07, 6.45) is 3.17. The maximum absolute atomic E-state index is 12.7. The van der Waals surface area contributed by atoms with Gasteiger partial charge in [0.05, 0.1) is 0 Å². The maximum atomic E-state index is 12.7. The van der Waals surface area contributed by atoms with Gasteiger partial charge in [0.15, 0.2) is 0 Å². The first-order chi connectivity index (χ1) is 13.3. The minimum absolute atomic E-state index is 0.0203. The number of carbonyl (C=O) groups is 3. The number of aliphatic carboxylic acids is 1. The van der Waals surface area contributed by atoms with Crippen LogP contribution in [-0.2, 0) is 16.0 Å². The Morgan fingerprint density at radius 3 is 2.39 bits per heavy atom. The molecule has 0 aromatic heterocycles. The number of urea groups is 1. The molecule has 7 nitrogen and oxygen atoms in total. The van der Waals surface area contributed by atoms with E-state index in [1.807, 2.05) is 30.3 Å². The van der Waals surface area contributed by atoms with Crippen LogP contribution in [-0.4, -0.2) is 66.0 Å². The number of nitrogens with one attached hydrogen (secondary N) is 1. The van der Waals surface area contributed by atoms with Crippen LogP contribution in [0.3, 0.4) is 0 Å². The normalized spacial score (nSPS) is 15.7. The summed E-state index contributed by atoms with van der Waals surface area (Å²) in [7, 11) is 3.52. The van der Waals surface area contributed by atoms with Gasteiger partial charge < -0.3 is 20.2 Å². The summed E-state index contributed by atoms with van der Waals surface area (Å²) in [6.45, 7) is 1.24. The molecule has 1 atom stereocenters. The largest absolute Gasteiger partial charge is 0.481 e. The van der Waals surface area contributed by atoms with Crippen molar-refractivity contribution in [1.82, 2.24) is 15.1 Å². The Morgan fingerprint density at radius 2 is 1.82 bits per heavy atom. The summed E-state index contributed by atoms with van der Waals surface area (Å²) in [6, 6.07) is 9.39. The fourth-order valence-corrected chi connectivity index (χ4v) is 3.46. The third-order valence-electron chi connectivity index (χ3n) is 5.22. The van der Waals surface area contributed by atoms with Gasteiger partial charge in [-0.3, -0.25) is 9.59 Å². The molecule has 0 aliphatic carbocycles. The van der Waals surface area contributed by atoms with Gasteiger partial charge in [-0.15, -0.1) is 0 Å². The molecule has 2 N–H and O–H groups in total. The molecule has 154 valence electrons. The molecule has 1 aliphatic heterocycles. The molecule has 1 saturated heterocycles. The lowest BCUT2D eigenvalue weighted by Gasteiger charge is -2.33. The van der Waals surface area contributed by atoms with E-state index < -0.39 is 5.97 Å². The molecule has 1 unspecified atom stereocenters. The van der Waals surface area contributed by atoms with Gasteiger partial charge in [-0.2, -0.15) is 0 Å². The van der Waals surface area contributed by atoms with Crippen molar-refractivity contribution in [2.45, 2.75) is 44.6 Å². The lowest BCUT2D eigenvalue weighted by atomic mass is 9.93. The molecule has 0 radical (unpaired) electrons.